The Morgan fingerprint density at radius 2 is 2.23 bits per heavy atom. The quantitative estimate of drug-likeness (QED) is 0.879. The number of amides is 1. The van der Waals surface area contributed by atoms with Crippen molar-refractivity contribution in [2.24, 2.45) is 0 Å². The maximum absolute atomic E-state index is 12.7. The fraction of sp³-hybridized carbons (Fsp3) is 0.611. The van der Waals surface area contributed by atoms with Gasteiger partial charge in [0.2, 0.25) is 0 Å². The number of aliphatic hydroxyl groups is 1. The Balaban J connectivity index is 2.06. The number of carbonyl (C=O) groups excluding carboxylic acids is 1. The fourth-order valence-corrected chi connectivity index (χ4v) is 2.94. The third-order valence-corrected chi connectivity index (χ3v) is 4.20. The van der Waals surface area contributed by atoms with E-state index in [1.807, 2.05) is 43.0 Å². The number of ether oxygens (including phenoxy) is 1. The van der Waals surface area contributed by atoms with Gasteiger partial charge in [-0.15, -0.1) is 0 Å². The SMILES string of the molecule is COCC1CCCN1C(=O)c1cccc(CCC(C)(C)O)c1. The molecule has 1 unspecified atom stereocenters. The van der Waals surface area contributed by atoms with Gasteiger partial charge in [-0.2, -0.15) is 0 Å². The fourth-order valence-electron chi connectivity index (χ4n) is 2.94. The van der Waals surface area contributed by atoms with Crippen molar-refractivity contribution in [3.8, 4) is 0 Å². The molecule has 1 aliphatic heterocycles. The second kappa shape index (κ2) is 7.25. The predicted octanol–water partition coefficient (Wildman–Crippen LogP) is 2.64. The molecule has 1 fully saturated rings. The van der Waals surface area contributed by atoms with Crippen molar-refractivity contribution >= 4 is 5.91 Å². The number of aryl methyl sites for hydroxylation is 1. The summed E-state index contributed by atoms with van der Waals surface area (Å²) in [4.78, 5) is 14.6. The van der Waals surface area contributed by atoms with E-state index < -0.39 is 5.60 Å². The number of rotatable bonds is 6. The van der Waals surface area contributed by atoms with E-state index >= 15 is 0 Å². The van der Waals surface area contributed by atoms with Gasteiger partial charge in [0.25, 0.3) is 5.91 Å². The summed E-state index contributed by atoms with van der Waals surface area (Å²) >= 11 is 0. The van der Waals surface area contributed by atoms with Crippen molar-refractivity contribution < 1.29 is 14.6 Å². The molecule has 0 spiro atoms. The minimum Gasteiger partial charge on any atom is -0.390 e. The number of hydrogen-bond donors (Lipinski definition) is 1. The average molecular weight is 305 g/mol. The van der Waals surface area contributed by atoms with Gasteiger partial charge in [-0.25, -0.2) is 0 Å². The molecule has 1 aromatic carbocycles. The van der Waals surface area contributed by atoms with Crippen molar-refractivity contribution in [2.75, 3.05) is 20.3 Å². The van der Waals surface area contributed by atoms with Crippen LogP contribution >= 0.6 is 0 Å². The van der Waals surface area contributed by atoms with Gasteiger partial charge in [0, 0.05) is 19.2 Å². The summed E-state index contributed by atoms with van der Waals surface area (Å²) in [6, 6.07) is 7.96. The molecular formula is C18H27NO3. The number of nitrogens with zero attached hydrogens (tertiary/aromatic N) is 1. The van der Waals surface area contributed by atoms with Crippen LogP contribution in [0.25, 0.3) is 0 Å². The molecule has 0 aromatic heterocycles. The largest absolute Gasteiger partial charge is 0.390 e. The molecule has 2 rings (SSSR count). The molecular weight excluding hydrogens is 278 g/mol. The van der Waals surface area contributed by atoms with E-state index in [4.69, 9.17) is 4.74 Å². The van der Waals surface area contributed by atoms with Crippen LogP contribution in [0.1, 0.15) is 49.0 Å². The number of methoxy groups -OCH3 is 1. The standard InChI is InChI=1S/C18H27NO3/c1-18(2,21)10-9-14-6-4-7-15(12-14)17(20)19-11-5-8-16(19)13-22-3/h4,6-7,12,16,21H,5,8-11,13H2,1-3H3. The summed E-state index contributed by atoms with van der Waals surface area (Å²) in [6.45, 7) is 5.02. The monoisotopic (exact) mass is 305 g/mol. The van der Waals surface area contributed by atoms with Crippen molar-refractivity contribution in [3.63, 3.8) is 0 Å². The van der Waals surface area contributed by atoms with Gasteiger partial charge in [0.15, 0.2) is 0 Å². The molecule has 4 nitrogen and oxygen atoms in total. The van der Waals surface area contributed by atoms with Crippen LogP contribution in [0.4, 0.5) is 0 Å². The van der Waals surface area contributed by atoms with Crippen molar-refractivity contribution in [1.29, 1.82) is 0 Å². The molecule has 0 bridgehead atoms. The molecule has 1 N–H and O–H groups in total. The first-order valence-electron chi connectivity index (χ1n) is 8.02. The molecule has 0 saturated carbocycles. The smallest absolute Gasteiger partial charge is 0.254 e. The number of likely N-dealkylation sites (tertiary alicyclic amines) is 1. The lowest BCUT2D eigenvalue weighted by Gasteiger charge is -2.24. The van der Waals surface area contributed by atoms with Gasteiger partial charge in [0.05, 0.1) is 18.2 Å². The van der Waals surface area contributed by atoms with E-state index in [2.05, 4.69) is 0 Å². The van der Waals surface area contributed by atoms with E-state index in [0.29, 0.717) is 13.0 Å². The summed E-state index contributed by atoms with van der Waals surface area (Å²) in [5.74, 6) is 0.0876. The minimum absolute atomic E-state index is 0.0876. The molecule has 1 atom stereocenters. The molecule has 0 aliphatic carbocycles. The number of benzene rings is 1. The average Bonchev–Trinajstić information content (AvgIpc) is 2.93. The topological polar surface area (TPSA) is 49.8 Å². The zero-order chi connectivity index (χ0) is 16.2. The maximum atomic E-state index is 12.7. The summed E-state index contributed by atoms with van der Waals surface area (Å²) in [7, 11) is 1.68. The van der Waals surface area contributed by atoms with Crippen LogP contribution in [0.5, 0.6) is 0 Å². The Morgan fingerprint density at radius 3 is 2.91 bits per heavy atom. The second-order valence-electron chi connectivity index (χ2n) is 6.76. The highest BCUT2D eigenvalue weighted by Crippen LogP contribution is 2.21. The van der Waals surface area contributed by atoms with Crippen molar-refractivity contribution in [1.82, 2.24) is 4.90 Å². The van der Waals surface area contributed by atoms with Crippen LogP contribution in [-0.4, -0.2) is 47.8 Å². The molecule has 1 aliphatic rings. The lowest BCUT2D eigenvalue weighted by atomic mass is 9.97. The van der Waals surface area contributed by atoms with E-state index in [1.54, 1.807) is 7.11 Å². The third kappa shape index (κ3) is 4.55. The molecule has 4 heteroatoms. The lowest BCUT2D eigenvalue weighted by Crippen LogP contribution is -2.38. The van der Waals surface area contributed by atoms with Gasteiger partial charge in [0.1, 0.15) is 0 Å². The van der Waals surface area contributed by atoms with E-state index in [1.165, 1.54) is 0 Å². The Kier molecular flexibility index (Phi) is 5.59. The van der Waals surface area contributed by atoms with Gasteiger partial charge >= 0.3 is 0 Å². The highest BCUT2D eigenvalue weighted by Gasteiger charge is 2.29. The molecule has 0 radical (unpaired) electrons. The first-order chi connectivity index (χ1) is 10.4. The zero-order valence-corrected chi connectivity index (χ0v) is 13.8. The molecule has 1 saturated heterocycles. The van der Waals surface area contributed by atoms with E-state index in [-0.39, 0.29) is 11.9 Å². The Hall–Kier alpha value is -1.39. The Bertz CT molecular complexity index is 507. The summed E-state index contributed by atoms with van der Waals surface area (Å²) < 4.78 is 5.22. The minimum atomic E-state index is -0.682. The van der Waals surface area contributed by atoms with Crippen molar-refractivity contribution in [2.45, 2.75) is 51.2 Å². The number of carbonyl (C=O) groups is 1. The van der Waals surface area contributed by atoms with Crippen LogP contribution in [-0.2, 0) is 11.2 Å². The Labute approximate surface area is 133 Å². The highest BCUT2D eigenvalue weighted by atomic mass is 16.5. The summed E-state index contributed by atoms with van der Waals surface area (Å²) in [5, 5.41) is 9.83. The molecule has 1 amide bonds. The zero-order valence-electron chi connectivity index (χ0n) is 13.8. The molecule has 1 heterocycles. The van der Waals surface area contributed by atoms with Gasteiger partial charge in [-0.3, -0.25) is 4.79 Å². The van der Waals surface area contributed by atoms with Crippen LogP contribution in [0.3, 0.4) is 0 Å². The van der Waals surface area contributed by atoms with E-state index in [0.717, 1.165) is 36.9 Å². The maximum Gasteiger partial charge on any atom is 0.254 e. The molecule has 122 valence electrons. The highest BCUT2D eigenvalue weighted by molar-refractivity contribution is 5.94. The first kappa shape index (κ1) is 17.0. The van der Waals surface area contributed by atoms with Gasteiger partial charge in [-0.05, 0) is 57.2 Å². The van der Waals surface area contributed by atoms with Crippen LogP contribution in [0.2, 0.25) is 0 Å². The molecule has 22 heavy (non-hydrogen) atoms. The first-order valence-corrected chi connectivity index (χ1v) is 8.02. The molecule has 1 aromatic rings. The normalized spacial score (nSPS) is 18.7. The van der Waals surface area contributed by atoms with Crippen LogP contribution in [0, 0.1) is 0 Å². The summed E-state index contributed by atoms with van der Waals surface area (Å²) in [5.41, 5.74) is 1.14. The second-order valence-corrected chi connectivity index (χ2v) is 6.76. The van der Waals surface area contributed by atoms with E-state index in [9.17, 15) is 9.90 Å². The Morgan fingerprint density at radius 1 is 1.45 bits per heavy atom. The third-order valence-electron chi connectivity index (χ3n) is 4.20. The summed E-state index contributed by atoms with van der Waals surface area (Å²) in [6.07, 6.45) is 3.50. The predicted molar refractivity (Wildman–Crippen MR) is 87.0 cm³/mol. The van der Waals surface area contributed by atoms with Gasteiger partial charge in [-0.1, -0.05) is 12.1 Å². The van der Waals surface area contributed by atoms with Crippen LogP contribution in [0.15, 0.2) is 24.3 Å². The van der Waals surface area contributed by atoms with Gasteiger partial charge < -0.3 is 14.7 Å². The number of hydrogen-bond acceptors (Lipinski definition) is 3. The van der Waals surface area contributed by atoms with Crippen molar-refractivity contribution in [3.05, 3.63) is 35.4 Å². The van der Waals surface area contributed by atoms with Crippen LogP contribution < -0.4 is 0 Å². The lowest BCUT2D eigenvalue weighted by molar-refractivity contribution is 0.0630.